The average molecular weight is 230 g/mol. The Balaban J connectivity index is 4.23. The Hall–Kier alpha value is -1.10. The van der Waals surface area contributed by atoms with Crippen LogP contribution in [0.15, 0.2) is 0 Å². The molecule has 0 saturated heterocycles. The quantitative estimate of drug-likeness (QED) is 0.673. The van der Waals surface area contributed by atoms with Gasteiger partial charge >= 0.3 is 5.97 Å². The van der Waals surface area contributed by atoms with Gasteiger partial charge in [0.05, 0.1) is 12.5 Å². The fourth-order valence-electron chi connectivity index (χ4n) is 1.50. The van der Waals surface area contributed by atoms with Crippen LogP contribution in [-0.4, -0.2) is 41.0 Å². The third-order valence-electron chi connectivity index (χ3n) is 2.33. The van der Waals surface area contributed by atoms with Crippen molar-refractivity contribution >= 4 is 11.9 Å². The van der Waals surface area contributed by atoms with Gasteiger partial charge in [0.15, 0.2) is 0 Å². The van der Waals surface area contributed by atoms with E-state index in [0.717, 1.165) is 0 Å². The zero-order valence-corrected chi connectivity index (χ0v) is 10.3. The van der Waals surface area contributed by atoms with Gasteiger partial charge in [0.1, 0.15) is 0 Å². The summed E-state index contributed by atoms with van der Waals surface area (Å²) in [6.45, 7) is 6.55. The van der Waals surface area contributed by atoms with E-state index in [1.807, 2.05) is 20.8 Å². The predicted molar refractivity (Wildman–Crippen MR) is 61.9 cm³/mol. The maximum atomic E-state index is 11.8. The average Bonchev–Trinajstić information content (AvgIpc) is 2.16. The van der Waals surface area contributed by atoms with Crippen LogP contribution in [0.1, 0.15) is 33.6 Å². The minimum atomic E-state index is -0.899. The van der Waals surface area contributed by atoms with Crippen molar-refractivity contribution in [3.05, 3.63) is 0 Å². The SMILES string of the molecule is CCN(CCC(=O)O)C(=O)[C@@H](N)CC(C)C. The van der Waals surface area contributed by atoms with Gasteiger partial charge in [-0.25, -0.2) is 0 Å². The van der Waals surface area contributed by atoms with Crippen molar-refractivity contribution in [2.75, 3.05) is 13.1 Å². The van der Waals surface area contributed by atoms with E-state index < -0.39 is 12.0 Å². The van der Waals surface area contributed by atoms with E-state index in [-0.39, 0.29) is 18.9 Å². The van der Waals surface area contributed by atoms with Crippen molar-refractivity contribution in [2.45, 2.75) is 39.7 Å². The second kappa shape index (κ2) is 7.22. The molecule has 5 heteroatoms. The molecule has 0 aliphatic heterocycles. The van der Waals surface area contributed by atoms with Crippen LogP contribution in [-0.2, 0) is 9.59 Å². The maximum Gasteiger partial charge on any atom is 0.305 e. The number of hydrogen-bond acceptors (Lipinski definition) is 3. The molecule has 94 valence electrons. The van der Waals surface area contributed by atoms with Crippen LogP contribution < -0.4 is 5.73 Å². The summed E-state index contributed by atoms with van der Waals surface area (Å²) >= 11 is 0. The van der Waals surface area contributed by atoms with Crippen molar-refractivity contribution in [3.8, 4) is 0 Å². The normalized spacial score (nSPS) is 12.6. The molecule has 0 aliphatic rings. The summed E-state index contributed by atoms with van der Waals surface area (Å²) in [7, 11) is 0. The Morgan fingerprint density at radius 2 is 1.94 bits per heavy atom. The van der Waals surface area contributed by atoms with E-state index in [0.29, 0.717) is 18.9 Å². The highest BCUT2D eigenvalue weighted by Crippen LogP contribution is 2.06. The zero-order valence-electron chi connectivity index (χ0n) is 10.3. The van der Waals surface area contributed by atoms with Crippen LogP contribution in [0.5, 0.6) is 0 Å². The van der Waals surface area contributed by atoms with Crippen LogP contribution in [0.25, 0.3) is 0 Å². The molecule has 5 nitrogen and oxygen atoms in total. The molecule has 0 saturated carbocycles. The third-order valence-corrected chi connectivity index (χ3v) is 2.33. The molecule has 0 heterocycles. The number of carbonyl (C=O) groups excluding carboxylic acids is 1. The Labute approximate surface area is 96.6 Å². The van der Waals surface area contributed by atoms with Crippen molar-refractivity contribution in [2.24, 2.45) is 11.7 Å². The lowest BCUT2D eigenvalue weighted by atomic mass is 10.0. The maximum absolute atomic E-state index is 11.8. The number of likely N-dealkylation sites (N-methyl/N-ethyl adjacent to an activating group) is 1. The Morgan fingerprint density at radius 1 is 1.38 bits per heavy atom. The molecule has 1 amide bonds. The molecule has 0 aromatic rings. The van der Waals surface area contributed by atoms with Crippen molar-refractivity contribution in [3.63, 3.8) is 0 Å². The molecule has 0 aromatic heterocycles. The van der Waals surface area contributed by atoms with Gasteiger partial charge in [-0.3, -0.25) is 9.59 Å². The molecule has 16 heavy (non-hydrogen) atoms. The molecule has 0 bridgehead atoms. The molecule has 3 N–H and O–H groups in total. The Kier molecular flexibility index (Phi) is 6.72. The molecule has 0 fully saturated rings. The first-order chi connectivity index (χ1) is 7.38. The number of nitrogens with zero attached hydrogens (tertiary/aromatic N) is 1. The first-order valence-electron chi connectivity index (χ1n) is 5.64. The summed E-state index contributed by atoms with van der Waals surface area (Å²) in [5, 5.41) is 8.55. The van der Waals surface area contributed by atoms with Gasteiger partial charge in [0.2, 0.25) is 5.91 Å². The minimum Gasteiger partial charge on any atom is -0.481 e. The van der Waals surface area contributed by atoms with Crippen LogP contribution >= 0.6 is 0 Å². The second-order valence-electron chi connectivity index (χ2n) is 4.30. The fourth-order valence-corrected chi connectivity index (χ4v) is 1.50. The number of nitrogens with two attached hydrogens (primary N) is 1. The van der Waals surface area contributed by atoms with Crippen molar-refractivity contribution < 1.29 is 14.7 Å². The van der Waals surface area contributed by atoms with Gasteiger partial charge in [-0.1, -0.05) is 13.8 Å². The third kappa shape index (κ3) is 5.70. The lowest BCUT2D eigenvalue weighted by Gasteiger charge is -2.24. The number of carboxylic acid groups (broad SMARTS) is 1. The topological polar surface area (TPSA) is 83.6 Å². The molecule has 1 atom stereocenters. The van der Waals surface area contributed by atoms with E-state index in [1.165, 1.54) is 4.90 Å². The fraction of sp³-hybridized carbons (Fsp3) is 0.818. The summed E-state index contributed by atoms with van der Waals surface area (Å²) < 4.78 is 0. The summed E-state index contributed by atoms with van der Waals surface area (Å²) in [6.07, 6.45) is 0.594. The van der Waals surface area contributed by atoms with E-state index in [2.05, 4.69) is 0 Å². The highest BCUT2D eigenvalue weighted by atomic mass is 16.4. The number of carbonyl (C=O) groups is 2. The van der Waals surface area contributed by atoms with Crippen molar-refractivity contribution in [1.82, 2.24) is 4.90 Å². The first kappa shape index (κ1) is 14.9. The summed E-state index contributed by atoms with van der Waals surface area (Å²) in [6, 6.07) is -0.520. The van der Waals surface area contributed by atoms with Crippen LogP contribution in [0.2, 0.25) is 0 Å². The Morgan fingerprint density at radius 3 is 2.31 bits per heavy atom. The highest BCUT2D eigenvalue weighted by Gasteiger charge is 2.20. The van der Waals surface area contributed by atoms with Crippen molar-refractivity contribution in [1.29, 1.82) is 0 Å². The number of hydrogen-bond donors (Lipinski definition) is 2. The highest BCUT2D eigenvalue weighted by molar-refractivity contribution is 5.82. The summed E-state index contributed by atoms with van der Waals surface area (Å²) in [5.74, 6) is -0.696. The lowest BCUT2D eigenvalue weighted by molar-refractivity contribution is -0.138. The van der Waals surface area contributed by atoms with Gasteiger partial charge < -0.3 is 15.7 Å². The summed E-state index contributed by atoms with van der Waals surface area (Å²) in [4.78, 5) is 23.8. The van der Waals surface area contributed by atoms with Gasteiger partial charge in [-0.2, -0.15) is 0 Å². The number of aliphatic carboxylic acids is 1. The smallest absolute Gasteiger partial charge is 0.305 e. The minimum absolute atomic E-state index is 0.0338. The van der Waals surface area contributed by atoms with E-state index in [4.69, 9.17) is 10.8 Å². The first-order valence-corrected chi connectivity index (χ1v) is 5.64. The largest absolute Gasteiger partial charge is 0.481 e. The van der Waals surface area contributed by atoms with Crippen LogP contribution in [0.3, 0.4) is 0 Å². The predicted octanol–water partition coefficient (Wildman–Crippen LogP) is 0.683. The summed E-state index contributed by atoms with van der Waals surface area (Å²) in [5.41, 5.74) is 5.76. The van der Waals surface area contributed by atoms with E-state index >= 15 is 0 Å². The zero-order chi connectivity index (χ0) is 12.7. The van der Waals surface area contributed by atoms with Gasteiger partial charge in [-0.15, -0.1) is 0 Å². The van der Waals surface area contributed by atoms with Gasteiger partial charge in [0.25, 0.3) is 0 Å². The molecule has 0 spiro atoms. The molecule has 0 aromatic carbocycles. The number of carboxylic acids is 1. The van der Waals surface area contributed by atoms with E-state index in [1.54, 1.807) is 0 Å². The molecular formula is C11H22N2O3. The lowest BCUT2D eigenvalue weighted by Crippen LogP contribution is -2.45. The van der Waals surface area contributed by atoms with E-state index in [9.17, 15) is 9.59 Å². The molecular weight excluding hydrogens is 208 g/mol. The standard InChI is InChI=1S/C11H22N2O3/c1-4-13(6-5-10(14)15)11(16)9(12)7-8(2)3/h8-9H,4-7,12H2,1-3H3,(H,14,15)/t9-/m0/s1. The molecule has 0 unspecified atom stereocenters. The second-order valence-corrected chi connectivity index (χ2v) is 4.30. The molecule has 0 rings (SSSR count). The molecule has 0 aliphatic carbocycles. The van der Waals surface area contributed by atoms with Crippen LogP contribution in [0.4, 0.5) is 0 Å². The van der Waals surface area contributed by atoms with Gasteiger partial charge in [-0.05, 0) is 19.3 Å². The monoisotopic (exact) mass is 230 g/mol. The molecule has 0 radical (unpaired) electrons. The number of amides is 1. The van der Waals surface area contributed by atoms with Gasteiger partial charge in [0, 0.05) is 13.1 Å². The Bertz CT molecular complexity index is 241. The number of rotatable bonds is 7. The van der Waals surface area contributed by atoms with Crippen LogP contribution in [0, 0.1) is 5.92 Å².